The zero-order valence-corrected chi connectivity index (χ0v) is 20.2. The molecule has 1 amide bonds. The minimum absolute atomic E-state index is 0.118. The molecular weight excluding hydrogens is 441 g/mol. The fourth-order valence-electron chi connectivity index (χ4n) is 6.14. The number of aromatic nitrogens is 1. The Labute approximate surface area is 194 Å². The first-order valence-corrected chi connectivity index (χ1v) is 13.6. The van der Waals surface area contributed by atoms with Gasteiger partial charge in [0.05, 0.1) is 27.6 Å². The van der Waals surface area contributed by atoms with E-state index in [-0.39, 0.29) is 17.4 Å². The summed E-state index contributed by atoms with van der Waals surface area (Å²) in [7, 11) is -3.43. The van der Waals surface area contributed by atoms with Crippen LogP contribution >= 0.6 is 0 Å². The van der Waals surface area contributed by atoms with E-state index in [4.69, 9.17) is 5.73 Å². The summed E-state index contributed by atoms with van der Waals surface area (Å²) in [6, 6.07) is 3.28. The lowest BCUT2D eigenvalue weighted by Gasteiger charge is -2.31. The third-order valence-electron chi connectivity index (χ3n) is 7.35. The Morgan fingerprint density at radius 1 is 1.12 bits per heavy atom. The van der Waals surface area contributed by atoms with E-state index in [1.54, 1.807) is 6.07 Å². The van der Waals surface area contributed by atoms with E-state index in [2.05, 4.69) is 5.32 Å². The molecule has 1 aromatic heterocycles. The summed E-state index contributed by atoms with van der Waals surface area (Å²) in [6.45, 7) is 3.92. The molecule has 0 spiro atoms. The minimum atomic E-state index is -3.43. The highest BCUT2D eigenvalue weighted by Gasteiger charge is 2.42. The number of anilines is 1. The zero-order chi connectivity index (χ0) is 23.5. The monoisotopic (exact) mass is 473 g/mol. The van der Waals surface area contributed by atoms with E-state index in [0.717, 1.165) is 61.9 Å². The van der Waals surface area contributed by atoms with Gasteiger partial charge in [0.1, 0.15) is 5.82 Å². The number of hydrogen-bond donors (Lipinski definition) is 2. The number of sulfone groups is 1. The predicted octanol–water partition coefficient (Wildman–Crippen LogP) is 4.30. The van der Waals surface area contributed by atoms with Gasteiger partial charge >= 0.3 is 0 Å². The number of primary amides is 1. The highest BCUT2D eigenvalue weighted by atomic mass is 32.2. The van der Waals surface area contributed by atoms with Crippen LogP contribution in [0, 0.1) is 11.2 Å². The van der Waals surface area contributed by atoms with Gasteiger partial charge in [-0.3, -0.25) is 4.79 Å². The summed E-state index contributed by atoms with van der Waals surface area (Å²) in [4.78, 5) is 12.6. The van der Waals surface area contributed by atoms with Gasteiger partial charge in [-0.05, 0) is 61.6 Å². The van der Waals surface area contributed by atoms with Crippen LogP contribution in [0.2, 0.25) is 0 Å². The molecule has 8 heteroatoms. The second-order valence-electron chi connectivity index (χ2n) is 10.7. The van der Waals surface area contributed by atoms with Crippen LogP contribution in [-0.2, 0) is 29.1 Å². The van der Waals surface area contributed by atoms with Crippen LogP contribution in [0.3, 0.4) is 0 Å². The summed E-state index contributed by atoms with van der Waals surface area (Å²) in [6.07, 6.45) is 8.25. The van der Waals surface area contributed by atoms with Crippen LogP contribution in [0.25, 0.3) is 5.69 Å². The molecule has 3 aliphatic rings. The lowest BCUT2D eigenvalue weighted by atomic mass is 9.89. The van der Waals surface area contributed by atoms with Gasteiger partial charge in [0.25, 0.3) is 5.91 Å². The van der Waals surface area contributed by atoms with Crippen molar-refractivity contribution < 1.29 is 17.6 Å². The maximum Gasteiger partial charge on any atom is 0.253 e. The quantitative estimate of drug-likeness (QED) is 0.692. The second kappa shape index (κ2) is 7.86. The van der Waals surface area contributed by atoms with Gasteiger partial charge in [-0.1, -0.05) is 33.1 Å². The van der Waals surface area contributed by atoms with Gasteiger partial charge in [0, 0.05) is 17.4 Å². The smallest absolute Gasteiger partial charge is 0.253 e. The molecule has 0 saturated heterocycles. The number of halogens is 1. The molecule has 6 nitrogen and oxygen atoms in total. The summed E-state index contributed by atoms with van der Waals surface area (Å²) < 4.78 is 43.8. The topological polar surface area (TPSA) is 94.2 Å². The molecule has 2 aliphatic carbocycles. The van der Waals surface area contributed by atoms with Crippen LogP contribution in [0.4, 0.5) is 10.1 Å². The van der Waals surface area contributed by atoms with Crippen molar-refractivity contribution in [1.29, 1.82) is 0 Å². The zero-order valence-electron chi connectivity index (χ0n) is 19.3. The number of hydrogen-bond acceptors (Lipinski definition) is 4. The van der Waals surface area contributed by atoms with Crippen molar-refractivity contribution in [3.05, 3.63) is 40.5 Å². The molecule has 2 aromatic rings. The van der Waals surface area contributed by atoms with Gasteiger partial charge in [-0.2, -0.15) is 0 Å². The van der Waals surface area contributed by atoms with E-state index in [1.165, 1.54) is 12.5 Å². The lowest BCUT2D eigenvalue weighted by Crippen LogP contribution is -2.33. The molecule has 3 N–H and O–H groups in total. The maximum absolute atomic E-state index is 15.3. The Kier molecular flexibility index (Phi) is 5.34. The lowest BCUT2D eigenvalue weighted by molar-refractivity contribution is 0.0997. The number of rotatable bonds is 4. The summed E-state index contributed by atoms with van der Waals surface area (Å²) in [5.74, 6) is -1.36. The average Bonchev–Trinajstić information content (AvgIpc) is 3.26. The Hall–Kier alpha value is -2.35. The van der Waals surface area contributed by atoms with E-state index in [9.17, 15) is 13.2 Å². The predicted molar refractivity (Wildman–Crippen MR) is 126 cm³/mol. The highest BCUT2D eigenvalue weighted by Crippen LogP contribution is 2.44. The van der Waals surface area contributed by atoms with Crippen LogP contribution in [0.5, 0.6) is 0 Å². The van der Waals surface area contributed by atoms with Crippen molar-refractivity contribution in [3.8, 4) is 5.69 Å². The largest absolute Gasteiger partial charge is 0.382 e. The van der Waals surface area contributed by atoms with Gasteiger partial charge in [-0.25, -0.2) is 12.8 Å². The molecule has 33 heavy (non-hydrogen) atoms. The Balaban J connectivity index is 1.70. The molecule has 178 valence electrons. The van der Waals surface area contributed by atoms with E-state index >= 15 is 4.39 Å². The van der Waals surface area contributed by atoms with E-state index in [1.807, 2.05) is 18.4 Å². The standard InChI is InChI=1S/C25H32FN3O3S/c1-25(2)13-21-23(33(31,32)14-25)17-9-6-10-20(17)29(21)16-11-18(26)22(24(27)30)19(12-16)28-15-7-4-3-5-8-15/h11-12,15,28H,3-10,13-14H2,1-2H3,(H2,27,30). The van der Waals surface area contributed by atoms with Gasteiger partial charge in [0.2, 0.25) is 0 Å². The van der Waals surface area contributed by atoms with E-state index < -0.39 is 27.0 Å². The van der Waals surface area contributed by atoms with Crippen molar-refractivity contribution in [2.75, 3.05) is 11.1 Å². The first-order chi connectivity index (χ1) is 15.6. The number of amides is 1. The van der Waals surface area contributed by atoms with Crippen LogP contribution < -0.4 is 11.1 Å². The van der Waals surface area contributed by atoms with Crippen molar-refractivity contribution in [1.82, 2.24) is 4.57 Å². The van der Waals surface area contributed by atoms with Gasteiger partial charge in [0.15, 0.2) is 9.84 Å². The summed E-state index contributed by atoms with van der Waals surface area (Å²) in [5, 5.41) is 3.38. The second-order valence-corrected chi connectivity index (χ2v) is 12.6. The molecule has 1 aliphatic heterocycles. The normalized spacial score (nSPS) is 21.4. The van der Waals surface area contributed by atoms with Crippen LogP contribution in [0.15, 0.2) is 17.0 Å². The molecule has 1 fully saturated rings. The molecule has 1 saturated carbocycles. The maximum atomic E-state index is 15.3. The average molecular weight is 474 g/mol. The third kappa shape index (κ3) is 3.86. The molecule has 0 radical (unpaired) electrons. The van der Waals surface area contributed by atoms with Gasteiger partial charge < -0.3 is 15.6 Å². The number of fused-ring (bicyclic) bond motifs is 3. The van der Waals surface area contributed by atoms with Crippen molar-refractivity contribution >= 4 is 21.4 Å². The number of carbonyl (C=O) groups is 1. The summed E-state index contributed by atoms with van der Waals surface area (Å²) in [5.41, 5.74) is 8.56. The van der Waals surface area contributed by atoms with Crippen molar-refractivity contribution in [2.45, 2.75) is 82.6 Å². The first kappa shape index (κ1) is 22.4. The van der Waals surface area contributed by atoms with Crippen LogP contribution in [-0.4, -0.2) is 30.7 Å². The molecule has 0 atom stereocenters. The number of carbonyl (C=O) groups excluding carboxylic acids is 1. The molecule has 0 bridgehead atoms. The minimum Gasteiger partial charge on any atom is -0.382 e. The third-order valence-corrected chi connectivity index (χ3v) is 9.61. The molecular formula is C25H32FN3O3S. The molecule has 1 aromatic carbocycles. The van der Waals surface area contributed by atoms with Crippen molar-refractivity contribution in [2.24, 2.45) is 11.1 Å². The number of nitrogens with zero attached hydrogens (tertiary/aromatic N) is 1. The SMILES string of the molecule is CC1(C)Cc2c(c3c(n2-c2cc(F)c(C(N)=O)c(NC4CCCCC4)c2)CCC3)S(=O)(=O)C1. The Morgan fingerprint density at radius 3 is 2.55 bits per heavy atom. The van der Waals surface area contributed by atoms with Gasteiger partial charge in [-0.15, -0.1) is 0 Å². The fraction of sp³-hybridized carbons (Fsp3) is 0.560. The van der Waals surface area contributed by atoms with E-state index in [0.29, 0.717) is 22.7 Å². The van der Waals surface area contributed by atoms with Crippen LogP contribution in [0.1, 0.15) is 79.7 Å². The highest BCUT2D eigenvalue weighted by molar-refractivity contribution is 7.91. The Morgan fingerprint density at radius 2 is 1.85 bits per heavy atom. The number of nitrogens with two attached hydrogens (primary N) is 1. The van der Waals surface area contributed by atoms with Crippen molar-refractivity contribution in [3.63, 3.8) is 0 Å². The summed E-state index contributed by atoms with van der Waals surface area (Å²) >= 11 is 0. The molecule has 5 rings (SSSR count). The first-order valence-electron chi connectivity index (χ1n) is 12.0. The fourth-order valence-corrected chi connectivity index (χ4v) is 8.53. The Bertz CT molecular complexity index is 1240. The molecule has 0 unspecified atom stereocenters. The number of nitrogens with one attached hydrogen (secondary N) is 1. The number of benzene rings is 1. The molecule has 2 heterocycles.